The van der Waals surface area contributed by atoms with Crippen molar-refractivity contribution in [1.82, 2.24) is 4.90 Å². The van der Waals surface area contributed by atoms with Crippen LogP contribution < -0.4 is 0 Å². The molecule has 1 N–H and O–H groups in total. The van der Waals surface area contributed by atoms with Crippen molar-refractivity contribution < 1.29 is 179 Å². The van der Waals surface area contributed by atoms with Crippen LogP contribution in [0.2, 0.25) is 0 Å². The van der Waals surface area contributed by atoms with Crippen molar-refractivity contribution in [2.24, 2.45) is 11.3 Å². The molecule has 0 radical (unpaired) electrons. The molecule has 1 atom stereocenters. The Morgan fingerprint density at radius 3 is 1.47 bits per heavy atom. The number of aliphatic hydroxyl groups is 1. The molecule has 1 aliphatic rings. The van der Waals surface area contributed by atoms with E-state index in [0.717, 1.165) is 36.8 Å². The fourth-order valence-electron chi connectivity index (χ4n) is 6.73. The molecule has 0 spiro atoms. The molecule has 0 saturated carbocycles. The number of hydrogen-bond donors (Lipinski definition) is 1. The summed E-state index contributed by atoms with van der Waals surface area (Å²) < 4.78 is 5.49. The number of nitrogens with zero attached hydrogens (tertiary/aromatic N) is 1. The lowest BCUT2D eigenvalue weighted by molar-refractivity contribution is -0.870. The van der Waals surface area contributed by atoms with E-state index in [9.17, 15) is 43.5 Å². The summed E-state index contributed by atoms with van der Waals surface area (Å²) >= 11 is 0. The number of imide groups is 1. The zero-order valence-electron chi connectivity index (χ0n) is 42.8. The highest BCUT2D eigenvalue weighted by molar-refractivity contribution is 6.13. The smallest absolute Gasteiger partial charge is 0.305 e. The van der Waals surface area contributed by atoms with E-state index in [-0.39, 0.29) is 113 Å². The van der Waals surface area contributed by atoms with Crippen LogP contribution in [0.4, 0.5) is 0 Å². The zero-order chi connectivity index (χ0) is 58.6. The number of ether oxygens (including phenoxy) is 1. The Morgan fingerprint density at radius 1 is 0.481 bits per heavy atom. The lowest BCUT2D eigenvalue weighted by Gasteiger charge is -2.30. The van der Waals surface area contributed by atoms with Gasteiger partial charge in [-0.05, 0) is 147 Å². The Bertz CT molecular complexity index is 2120. The van der Waals surface area contributed by atoms with Gasteiger partial charge in [0.05, 0.1) is 39.5 Å². The number of carbonyl (C=O) groups excluding carboxylic acids is 8. The van der Waals surface area contributed by atoms with E-state index in [1.54, 1.807) is 54.6 Å². The molecular formula is C44H55NO36. The largest absolute Gasteiger partial charge is 0.465 e. The normalized spacial score (nSPS) is 12.8. The minimum absolute atomic E-state index is 0.0373. The van der Waals surface area contributed by atoms with Crippen molar-refractivity contribution in [2.75, 3.05) is 40.6 Å². The van der Waals surface area contributed by atoms with Crippen LogP contribution in [-0.4, -0.2) is 97.3 Å². The Balaban J connectivity index is 1.63. The van der Waals surface area contributed by atoms with Crippen molar-refractivity contribution in [1.29, 1.82) is 0 Å². The number of aliphatic hydroxyl groups excluding tert-OH is 1. The van der Waals surface area contributed by atoms with Gasteiger partial charge in [0.25, 0.3) is 11.8 Å². The van der Waals surface area contributed by atoms with E-state index >= 15 is 0 Å². The van der Waals surface area contributed by atoms with Crippen LogP contribution in [-0.2, 0) is 193 Å². The van der Waals surface area contributed by atoms with Gasteiger partial charge >= 0.3 is 5.97 Å². The standard InChI is InChI=1S/C44H55NO36/c1-55-60-64-68-72-76-80-78-74-70-66-62-58-30-44(31-59-63-67-71-75-79-81-77-73-69-65-61-56-2,27-39(50)12-6-10-36(47)22-23-45-41(52)20-21-42(45)53)29-57-43(54)13-7-11-37(48)26-35(24-32-8-4-3-5-9-32)40(51)19-18-38(49)25-33-14-16-34(28-46)17-15-33/h3-5,8-9,14-17,20-21,35,46H,6-7,10-13,18-19,22-31H2,1-2H3. The highest BCUT2D eigenvalue weighted by Gasteiger charge is 2.38. The summed E-state index contributed by atoms with van der Waals surface area (Å²) in [5.41, 5.74) is 0.308. The first kappa shape index (κ1) is 69.3. The third-order valence-electron chi connectivity index (χ3n) is 10.4. The summed E-state index contributed by atoms with van der Waals surface area (Å²) in [5.74, 6) is -4.71. The molecule has 3 rings (SSSR count). The second kappa shape index (κ2) is 43.7. The first-order valence-electron chi connectivity index (χ1n) is 23.4. The highest BCUT2D eigenvalue weighted by Crippen LogP contribution is 2.28. The van der Waals surface area contributed by atoms with Gasteiger partial charge in [0.15, 0.2) is 0 Å². The first-order chi connectivity index (χ1) is 39.4. The molecule has 37 nitrogen and oxygen atoms in total. The van der Waals surface area contributed by atoms with Gasteiger partial charge < -0.3 is 9.84 Å². The van der Waals surface area contributed by atoms with Crippen LogP contribution in [0.1, 0.15) is 87.3 Å². The highest BCUT2D eigenvalue weighted by atomic mass is 18.0. The van der Waals surface area contributed by atoms with Crippen molar-refractivity contribution in [2.45, 2.75) is 90.1 Å². The molecule has 81 heavy (non-hydrogen) atoms. The molecule has 0 aliphatic carbocycles. The number of benzene rings is 2. The van der Waals surface area contributed by atoms with Gasteiger partial charge in [0.1, 0.15) is 35.5 Å². The van der Waals surface area contributed by atoms with Gasteiger partial charge in [-0.1, -0.05) is 54.6 Å². The van der Waals surface area contributed by atoms with E-state index in [0.29, 0.717) is 11.1 Å². The maximum atomic E-state index is 13.5. The van der Waals surface area contributed by atoms with Gasteiger partial charge in [-0.2, -0.15) is 0 Å². The number of hydrogen-bond acceptors (Lipinski definition) is 36. The van der Waals surface area contributed by atoms with Crippen molar-refractivity contribution >= 4 is 46.7 Å². The lowest BCUT2D eigenvalue weighted by atomic mass is 9.84. The van der Waals surface area contributed by atoms with Crippen LogP contribution >= 0.6 is 0 Å². The zero-order valence-corrected chi connectivity index (χ0v) is 42.8. The minimum Gasteiger partial charge on any atom is -0.465 e. The van der Waals surface area contributed by atoms with E-state index in [1.165, 1.54) is 0 Å². The molecule has 2 aromatic carbocycles. The average molecular weight is 1170 g/mol. The van der Waals surface area contributed by atoms with E-state index < -0.39 is 61.1 Å². The van der Waals surface area contributed by atoms with Gasteiger partial charge in [0, 0.05) is 88.8 Å². The predicted octanol–water partition coefficient (Wildman–Crippen LogP) is 2.82. The van der Waals surface area contributed by atoms with Crippen molar-refractivity contribution in [3.63, 3.8) is 0 Å². The number of esters is 1. The molecule has 0 bridgehead atoms. The molecule has 37 heteroatoms. The second-order valence-corrected chi connectivity index (χ2v) is 16.2. The molecule has 0 saturated heterocycles. The van der Waals surface area contributed by atoms with Crippen molar-refractivity contribution in [3.8, 4) is 0 Å². The summed E-state index contributed by atoms with van der Waals surface area (Å²) in [6.07, 6.45) is 0.121. The van der Waals surface area contributed by atoms with E-state index in [1.807, 2.05) is 0 Å². The van der Waals surface area contributed by atoms with Crippen molar-refractivity contribution in [3.05, 3.63) is 83.4 Å². The molecular weight excluding hydrogens is 1120 g/mol. The van der Waals surface area contributed by atoms with Gasteiger partial charge in [-0.25, -0.2) is 19.6 Å². The number of rotatable bonds is 54. The summed E-state index contributed by atoms with van der Waals surface area (Å²) in [6.45, 7) is -2.79. The van der Waals surface area contributed by atoms with Crippen LogP contribution in [0.5, 0.6) is 0 Å². The molecule has 452 valence electrons. The van der Waals surface area contributed by atoms with Crippen LogP contribution in [0.3, 0.4) is 0 Å². The summed E-state index contributed by atoms with van der Waals surface area (Å²) in [5, 5.41) is 94.5. The number of ketones is 5. The van der Waals surface area contributed by atoms with Gasteiger partial charge in [0.2, 0.25) is 0 Å². The maximum Gasteiger partial charge on any atom is 0.305 e. The van der Waals surface area contributed by atoms with Gasteiger partial charge in [-0.3, -0.25) is 43.3 Å². The van der Waals surface area contributed by atoms with Crippen LogP contribution in [0.15, 0.2) is 66.7 Å². The molecule has 1 unspecified atom stereocenters. The number of carbonyl (C=O) groups is 8. The molecule has 0 aromatic heterocycles. The van der Waals surface area contributed by atoms with E-state index in [4.69, 9.17) is 14.5 Å². The monoisotopic (exact) mass is 1170 g/mol. The Labute approximate surface area is 455 Å². The summed E-state index contributed by atoms with van der Waals surface area (Å²) in [4.78, 5) is 122. The topological polar surface area (TPSA) is 409 Å². The Morgan fingerprint density at radius 2 is 0.951 bits per heavy atom. The minimum atomic E-state index is -1.87. The third-order valence-corrected chi connectivity index (χ3v) is 10.4. The molecule has 0 fully saturated rings. The average Bonchev–Trinajstić information content (AvgIpc) is 3.80. The quantitative estimate of drug-likeness (QED) is 0.0327. The third kappa shape index (κ3) is 32.9. The van der Waals surface area contributed by atoms with Crippen LogP contribution in [0.25, 0.3) is 0 Å². The first-order valence-corrected chi connectivity index (χ1v) is 23.4. The molecule has 1 heterocycles. The number of Topliss-reactive ketones (excluding diaryl/α,β-unsaturated/α-hetero) is 5. The second-order valence-electron chi connectivity index (χ2n) is 16.2. The maximum absolute atomic E-state index is 13.5. The lowest BCUT2D eigenvalue weighted by Crippen LogP contribution is -2.40. The van der Waals surface area contributed by atoms with Gasteiger partial charge in [-0.15, -0.1) is 0 Å². The Hall–Kier alpha value is -5.94. The van der Waals surface area contributed by atoms with E-state index in [2.05, 4.69) is 121 Å². The predicted molar refractivity (Wildman–Crippen MR) is 235 cm³/mol. The molecule has 2 aromatic rings. The van der Waals surface area contributed by atoms with Crippen LogP contribution in [0, 0.1) is 11.3 Å². The fraction of sp³-hybridized carbons (Fsp3) is 0.500. The Kier molecular flexibility index (Phi) is 37.4. The molecule has 2 amide bonds. The fourth-order valence-corrected chi connectivity index (χ4v) is 6.73. The summed E-state index contributed by atoms with van der Waals surface area (Å²) in [6, 6.07) is 15.8. The molecule has 1 aliphatic heterocycles. The number of amides is 2. The SMILES string of the molecule is COOOOOOOOOOOOOCC(COOOOOOOOOOOOOC)(COC(=O)CCCC(=O)CC(Cc1ccccc1)C(=O)CCC(=O)Cc1ccc(CO)cc1)CC(=O)CCCC(=O)CCN1C(=O)C=CC1=O. The summed E-state index contributed by atoms with van der Waals surface area (Å²) in [7, 11) is 2.10.